The van der Waals surface area contributed by atoms with Gasteiger partial charge in [0.05, 0.1) is 19.5 Å². The molecule has 5 heteroatoms. The minimum Gasteiger partial charge on any atom is -0.464 e. The summed E-state index contributed by atoms with van der Waals surface area (Å²) in [5.74, 6) is 1.52. The highest BCUT2D eigenvalue weighted by molar-refractivity contribution is 5.86. The summed E-state index contributed by atoms with van der Waals surface area (Å²) in [6.07, 6.45) is 4.05. The lowest BCUT2D eigenvalue weighted by Gasteiger charge is -2.27. The molecule has 5 nitrogen and oxygen atoms in total. The molecule has 1 heterocycles. The van der Waals surface area contributed by atoms with Crippen LogP contribution >= 0.6 is 0 Å². The van der Waals surface area contributed by atoms with Crippen molar-refractivity contribution in [3.8, 4) is 0 Å². The normalized spacial score (nSPS) is 10.8. The predicted octanol–water partition coefficient (Wildman–Crippen LogP) is 5.42. The van der Waals surface area contributed by atoms with Gasteiger partial charge in [0.15, 0.2) is 0 Å². The van der Waals surface area contributed by atoms with Gasteiger partial charge in [0.1, 0.15) is 11.5 Å². The Labute approximate surface area is 203 Å². The van der Waals surface area contributed by atoms with Crippen LogP contribution in [0.2, 0.25) is 0 Å². The van der Waals surface area contributed by atoms with Crippen LogP contribution in [0.1, 0.15) is 48.8 Å². The van der Waals surface area contributed by atoms with E-state index in [2.05, 4.69) is 19.1 Å². The van der Waals surface area contributed by atoms with Crippen LogP contribution in [-0.4, -0.2) is 41.2 Å². The van der Waals surface area contributed by atoms with Crippen molar-refractivity contribution in [2.24, 2.45) is 0 Å². The third-order valence-electron chi connectivity index (χ3n) is 5.92. The van der Waals surface area contributed by atoms with Gasteiger partial charge in [-0.2, -0.15) is 0 Å². The average molecular weight is 461 g/mol. The van der Waals surface area contributed by atoms with E-state index in [1.165, 1.54) is 5.56 Å². The van der Waals surface area contributed by atoms with Crippen molar-refractivity contribution in [3.63, 3.8) is 0 Å². The lowest BCUT2D eigenvalue weighted by molar-refractivity contribution is -0.140. The maximum absolute atomic E-state index is 13.5. The zero-order chi connectivity index (χ0) is 24.2. The van der Waals surface area contributed by atoms with Gasteiger partial charge >= 0.3 is 0 Å². The molecule has 0 spiro atoms. The number of nitrogens with zero attached hydrogens (tertiary/aromatic N) is 2. The van der Waals surface area contributed by atoms with Gasteiger partial charge in [-0.15, -0.1) is 0 Å². The maximum Gasteiger partial charge on any atom is 0.242 e. The van der Waals surface area contributed by atoms with Crippen molar-refractivity contribution in [3.05, 3.63) is 95.4 Å². The van der Waals surface area contributed by atoms with Crippen LogP contribution in [0.3, 0.4) is 0 Å². The molecule has 3 rings (SSSR count). The molecule has 0 aliphatic carbocycles. The van der Waals surface area contributed by atoms with Crippen molar-refractivity contribution < 1.29 is 14.0 Å². The number of benzene rings is 2. The van der Waals surface area contributed by atoms with Crippen LogP contribution in [0.15, 0.2) is 77.2 Å². The van der Waals surface area contributed by atoms with Gasteiger partial charge in [0.2, 0.25) is 11.8 Å². The molecule has 3 aromatic rings. The zero-order valence-electron chi connectivity index (χ0n) is 20.4. The number of amides is 2. The van der Waals surface area contributed by atoms with Crippen molar-refractivity contribution in [1.82, 2.24) is 9.80 Å². The highest BCUT2D eigenvalue weighted by Gasteiger charge is 2.22. The summed E-state index contributed by atoms with van der Waals surface area (Å²) in [5, 5.41) is 0. The molecular formula is C29H36N2O3. The van der Waals surface area contributed by atoms with Gasteiger partial charge < -0.3 is 14.2 Å². The zero-order valence-corrected chi connectivity index (χ0v) is 20.4. The number of hydrogen-bond donors (Lipinski definition) is 0. The quantitative estimate of drug-likeness (QED) is 0.320. The second kappa shape index (κ2) is 13.4. The maximum atomic E-state index is 13.5. The third kappa shape index (κ3) is 8.22. The van der Waals surface area contributed by atoms with Gasteiger partial charge in [-0.3, -0.25) is 9.59 Å². The number of unbranched alkanes of at least 4 members (excludes halogenated alkanes) is 2. The van der Waals surface area contributed by atoms with E-state index >= 15 is 0 Å². The molecule has 0 atom stereocenters. The van der Waals surface area contributed by atoms with Crippen molar-refractivity contribution in [1.29, 1.82) is 0 Å². The van der Waals surface area contributed by atoms with E-state index in [0.717, 1.165) is 42.8 Å². The summed E-state index contributed by atoms with van der Waals surface area (Å²) in [6.45, 7) is 5.68. The largest absolute Gasteiger partial charge is 0.464 e. The first-order valence-corrected chi connectivity index (χ1v) is 12.2. The van der Waals surface area contributed by atoms with Gasteiger partial charge in [-0.25, -0.2) is 0 Å². The van der Waals surface area contributed by atoms with Crippen LogP contribution in [0.4, 0.5) is 0 Å². The topological polar surface area (TPSA) is 53.8 Å². The van der Waals surface area contributed by atoms with Gasteiger partial charge in [-0.1, -0.05) is 80.4 Å². The molecule has 0 fully saturated rings. The number of furan rings is 1. The molecule has 0 aliphatic heterocycles. The first-order chi connectivity index (χ1) is 16.5. The van der Waals surface area contributed by atoms with E-state index in [9.17, 15) is 9.59 Å². The number of rotatable bonds is 13. The smallest absolute Gasteiger partial charge is 0.242 e. The highest BCUT2D eigenvalue weighted by atomic mass is 16.3. The number of carbonyl (C=O) groups is 2. The third-order valence-corrected chi connectivity index (χ3v) is 5.92. The van der Waals surface area contributed by atoms with E-state index in [0.29, 0.717) is 26.1 Å². The number of aryl methyl sites for hydroxylation is 1. The van der Waals surface area contributed by atoms with Crippen molar-refractivity contribution >= 4 is 11.8 Å². The minimum absolute atomic E-state index is 0.00694. The molecule has 180 valence electrons. The summed E-state index contributed by atoms with van der Waals surface area (Å²) < 4.78 is 5.75. The van der Waals surface area contributed by atoms with Crippen LogP contribution in [0.5, 0.6) is 0 Å². The van der Waals surface area contributed by atoms with Crippen LogP contribution in [0.25, 0.3) is 0 Å². The van der Waals surface area contributed by atoms with Crippen molar-refractivity contribution in [2.45, 2.75) is 52.5 Å². The standard InChI is InChI=1S/C29H36N2O3/c1-3-4-11-19-30(28(32)21-26-14-9-6-10-15-26)23-29(33)31(22-27-17-16-24(2)34-27)20-18-25-12-7-5-8-13-25/h5-10,12-17H,3-4,11,18-23H2,1-2H3. The van der Waals surface area contributed by atoms with E-state index < -0.39 is 0 Å². The SMILES string of the molecule is CCCCCN(CC(=O)N(CCc1ccccc1)Cc1ccc(C)o1)C(=O)Cc1ccccc1. The summed E-state index contributed by atoms with van der Waals surface area (Å²) in [4.78, 5) is 30.2. The fourth-order valence-electron chi connectivity index (χ4n) is 3.95. The van der Waals surface area contributed by atoms with Gasteiger partial charge in [0, 0.05) is 13.1 Å². The Bertz CT molecular complexity index is 1010. The lowest BCUT2D eigenvalue weighted by atomic mass is 10.1. The average Bonchev–Trinajstić information content (AvgIpc) is 3.27. The molecule has 0 unspecified atom stereocenters. The number of carbonyl (C=O) groups excluding carboxylic acids is 2. The Morgan fingerprint density at radius 1 is 0.765 bits per heavy atom. The van der Waals surface area contributed by atoms with Crippen LogP contribution in [-0.2, 0) is 29.0 Å². The van der Waals surface area contributed by atoms with Crippen LogP contribution < -0.4 is 0 Å². The molecule has 0 saturated heterocycles. The van der Waals surface area contributed by atoms with E-state index in [1.807, 2.05) is 72.5 Å². The minimum atomic E-state index is -0.0529. The van der Waals surface area contributed by atoms with E-state index in [4.69, 9.17) is 4.42 Å². The summed E-state index contributed by atoms with van der Waals surface area (Å²) >= 11 is 0. The van der Waals surface area contributed by atoms with Crippen molar-refractivity contribution in [2.75, 3.05) is 19.6 Å². The van der Waals surface area contributed by atoms with Crippen LogP contribution in [0, 0.1) is 6.92 Å². The molecular weight excluding hydrogens is 424 g/mol. The number of hydrogen-bond acceptors (Lipinski definition) is 3. The Balaban J connectivity index is 1.71. The lowest BCUT2D eigenvalue weighted by Crippen LogP contribution is -2.44. The highest BCUT2D eigenvalue weighted by Crippen LogP contribution is 2.13. The molecule has 2 amide bonds. The Hall–Kier alpha value is -3.34. The monoisotopic (exact) mass is 460 g/mol. The molecule has 0 saturated carbocycles. The molecule has 1 aromatic heterocycles. The second-order valence-corrected chi connectivity index (χ2v) is 8.75. The molecule has 34 heavy (non-hydrogen) atoms. The fourth-order valence-corrected chi connectivity index (χ4v) is 3.95. The van der Waals surface area contributed by atoms with E-state index in [1.54, 1.807) is 4.90 Å². The molecule has 0 radical (unpaired) electrons. The molecule has 0 aliphatic rings. The Morgan fingerprint density at radius 3 is 2.06 bits per heavy atom. The van der Waals surface area contributed by atoms with Gasteiger partial charge in [-0.05, 0) is 43.0 Å². The fraction of sp³-hybridized carbons (Fsp3) is 0.379. The molecule has 0 bridgehead atoms. The summed E-state index contributed by atoms with van der Waals surface area (Å²) in [7, 11) is 0. The second-order valence-electron chi connectivity index (χ2n) is 8.75. The Morgan fingerprint density at radius 2 is 1.44 bits per heavy atom. The first kappa shape index (κ1) is 25.3. The molecule has 2 aromatic carbocycles. The van der Waals surface area contributed by atoms with E-state index in [-0.39, 0.29) is 18.4 Å². The Kier molecular flexibility index (Phi) is 9.96. The summed E-state index contributed by atoms with van der Waals surface area (Å²) in [5.41, 5.74) is 2.14. The molecule has 0 N–H and O–H groups in total. The predicted molar refractivity (Wildman–Crippen MR) is 135 cm³/mol. The summed E-state index contributed by atoms with van der Waals surface area (Å²) in [6, 6.07) is 23.7. The first-order valence-electron chi connectivity index (χ1n) is 12.2. The van der Waals surface area contributed by atoms with Gasteiger partial charge in [0.25, 0.3) is 0 Å².